The van der Waals surface area contributed by atoms with Crippen molar-refractivity contribution in [3.8, 4) is 33.7 Å². The summed E-state index contributed by atoms with van der Waals surface area (Å²) in [5.41, 5.74) is 6.51. The van der Waals surface area contributed by atoms with Gasteiger partial charge in [-0.1, -0.05) is 77.4 Å². The number of hydrogen-bond acceptors (Lipinski definition) is 3. The van der Waals surface area contributed by atoms with Crippen molar-refractivity contribution in [3.05, 3.63) is 88.9 Å². The van der Waals surface area contributed by atoms with E-state index in [0.717, 1.165) is 39.1 Å². The van der Waals surface area contributed by atoms with Crippen LogP contribution in [0.15, 0.2) is 77.3 Å². The normalized spacial score (nSPS) is 15.3. The van der Waals surface area contributed by atoms with Crippen LogP contribution >= 0.6 is 11.6 Å². The van der Waals surface area contributed by atoms with Gasteiger partial charge in [0.25, 0.3) is 0 Å². The Labute approximate surface area is 161 Å². The minimum atomic E-state index is -0.598. The Morgan fingerprint density at radius 3 is 2.41 bits per heavy atom. The zero-order valence-electron chi connectivity index (χ0n) is 14.4. The quantitative estimate of drug-likeness (QED) is 0.450. The van der Waals surface area contributed by atoms with Gasteiger partial charge in [-0.25, -0.2) is 0 Å². The van der Waals surface area contributed by atoms with Crippen LogP contribution in [0.4, 0.5) is 0 Å². The van der Waals surface area contributed by atoms with Crippen LogP contribution in [0.1, 0.15) is 17.2 Å². The monoisotopic (exact) mass is 373 g/mol. The van der Waals surface area contributed by atoms with E-state index in [4.69, 9.17) is 16.1 Å². The van der Waals surface area contributed by atoms with Gasteiger partial charge in [-0.05, 0) is 28.8 Å². The molecule has 0 bridgehead atoms. The fraction of sp³-hybridized carbons (Fsp3) is 0.0870. The summed E-state index contributed by atoms with van der Waals surface area (Å²) >= 11 is 6.06. The number of benzene rings is 3. The highest BCUT2D eigenvalue weighted by molar-refractivity contribution is 6.30. The third-order valence-electron chi connectivity index (χ3n) is 5.07. The Balaban J connectivity index is 1.85. The summed E-state index contributed by atoms with van der Waals surface area (Å²) in [7, 11) is 0. The molecular weight excluding hydrogens is 358 g/mol. The molecule has 1 aliphatic rings. The first-order valence-electron chi connectivity index (χ1n) is 8.83. The molecule has 0 aliphatic heterocycles. The molecule has 1 unspecified atom stereocenters. The molecule has 132 valence electrons. The lowest BCUT2D eigenvalue weighted by Gasteiger charge is -2.20. The van der Waals surface area contributed by atoms with Crippen LogP contribution in [-0.2, 0) is 6.42 Å². The van der Waals surface area contributed by atoms with E-state index in [1.54, 1.807) is 0 Å². The van der Waals surface area contributed by atoms with E-state index in [-0.39, 0.29) is 0 Å². The highest BCUT2D eigenvalue weighted by Crippen LogP contribution is 2.45. The van der Waals surface area contributed by atoms with Gasteiger partial charge < -0.3 is 9.63 Å². The van der Waals surface area contributed by atoms with E-state index in [1.807, 2.05) is 60.7 Å². The molecule has 0 spiro atoms. The van der Waals surface area contributed by atoms with Crippen molar-refractivity contribution in [1.82, 2.24) is 5.16 Å². The standard InChI is InChI=1S/C23H16ClNO2/c24-16-11-9-14(10-12-16)22-21-17-6-2-1-5-15(17)13-20(26)18-7-3-4-8-19(18)23(21)27-25-22/h1-12,20,26H,13H2. The zero-order valence-corrected chi connectivity index (χ0v) is 15.1. The van der Waals surface area contributed by atoms with Crippen LogP contribution in [0, 0.1) is 0 Å². The third-order valence-corrected chi connectivity index (χ3v) is 5.33. The van der Waals surface area contributed by atoms with Crippen molar-refractivity contribution in [3.63, 3.8) is 0 Å². The first kappa shape index (κ1) is 16.3. The SMILES string of the molecule is OC1Cc2ccccc2-c2c(-c3ccc(Cl)cc3)noc2-c2ccccc21. The lowest BCUT2D eigenvalue weighted by atomic mass is 9.85. The Bertz CT molecular complexity index is 1130. The number of fused-ring (bicyclic) bond motifs is 5. The van der Waals surface area contributed by atoms with Crippen molar-refractivity contribution >= 4 is 11.6 Å². The number of nitrogens with zero attached hydrogens (tertiary/aromatic N) is 1. The third kappa shape index (κ3) is 2.67. The van der Waals surface area contributed by atoms with Crippen molar-refractivity contribution in [1.29, 1.82) is 0 Å². The van der Waals surface area contributed by atoms with Crippen LogP contribution in [0.3, 0.4) is 0 Å². The summed E-state index contributed by atoms with van der Waals surface area (Å²) in [5.74, 6) is 0.682. The van der Waals surface area contributed by atoms with Gasteiger partial charge >= 0.3 is 0 Å². The average molecular weight is 374 g/mol. The molecule has 0 saturated heterocycles. The van der Waals surface area contributed by atoms with E-state index in [0.29, 0.717) is 17.2 Å². The van der Waals surface area contributed by atoms with Gasteiger partial charge in [0, 0.05) is 22.6 Å². The lowest BCUT2D eigenvalue weighted by Crippen LogP contribution is -2.07. The van der Waals surface area contributed by atoms with E-state index in [2.05, 4.69) is 17.3 Å². The number of aliphatic hydroxyl groups is 1. The molecule has 1 aromatic heterocycles. The van der Waals surface area contributed by atoms with E-state index in [1.165, 1.54) is 0 Å². The summed E-state index contributed by atoms with van der Waals surface area (Å²) in [5, 5.41) is 15.9. The van der Waals surface area contributed by atoms with Crippen LogP contribution in [0.5, 0.6) is 0 Å². The number of rotatable bonds is 1. The molecule has 0 saturated carbocycles. The molecule has 3 nitrogen and oxygen atoms in total. The number of halogens is 1. The fourth-order valence-electron chi connectivity index (χ4n) is 3.78. The molecule has 0 radical (unpaired) electrons. The highest BCUT2D eigenvalue weighted by atomic mass is 35.5. The van der Waals surface area contributed by atoms with Crippen molar-refractivity contribution in [2.45, 2.75) is 12.5 Å². The maximum Gasteiger partial charge on any atom is 0.175 e. The maximum absolute atomic E-state index is 10.8. The fourth-order valence-corrected chi connectivity index (χ4v) is 3.91. The molecule has 1 aliphatic carbocycles. The molecule has 1 atom stereocenters. The molecule has 1 N–H and O–H groups in total. The first-order chi connectivity index (χ1) is 13.2. The second-order valence-electron chi connectivity index (χ2n) is 6.71. The number of aliphatic hydroxyl groups excluding tert-OH is 1. The van der Waals surface area contributed by atoms with Crippen LogP contribution in [-0.4, -0.2) is 10.3 Å². The largest absolute Gasteiger partial charge is 0.388 e. The summed E-state index contributed by atoms with van der Waals surface area (Å²) in [6.07, 6.45) is -0.0581. The molecule has 4 aromatic rings. The highest BCUT2D eigenvalue weighted by Gasteiger charge is 2.28. The van der Waals surface area contributed by atoms with Gasteiger partial charge in [0.2, 0.25) is 0 Å². The molecule has 1 heterocycles. The zero-order chi connectivity index (χ0) is 18.4. The van der Waals surface area contributed by atoms with E-state index < -0.39 is 6.10 Å². The molecule has 5 rings (SSSR count). The number of hydrogen-bond donors (Lipinski definition) is 1. The predicted molar refractivity (Wildman–Crippen MR) is 106 cm³/mol. The molecule has 0 amide bonds. The van der Waals surface area contributed by atoms with Crippen molar-refractivity contribution < 1.29 is 9.63 Å². The summed E-state index contributed by atoms with van der Waals surface area (Å²) in [6, 6.07) is 23.5. The van der Waals surface area contributed by atoms with Gasteiger partial charge in [-0.3, -0.25) is 0 Å². The maximum atomic E-state index is 10.8. The minimum Gasteiger partial charge on any atom is -0.388 e. The van der Waals surface area contributed by atoms with Crippen LogP contribution in [0.25, 0.3) is 33.7 Å². The van der Waals surface area contributed by atoms with Gasteiger partial charge in [0.1, 0.15) is 5.69 Å². The van der Waals surface area contributed by atoms with Crippen molar-refractivity contribution in [2.24, 2.45) is 0 Å². The lowest BCUT2D eigenvalue weighted by molar-refractivity contribution is 0.178. The van der Waals surface area contributed by atoms with Crippen molar-refractivity contribution in [2.75, 3.05) is 0 Å². The van der Waals surface area contributed by atoms with Crippen LogP contribution in [0.2, 0.25) is 5.02 Å². The summed E-state index contributed by atoms with van der Waals surface area (Å²) in [4.78, 5) is 0. The van der Waals surface area contributed by atoms with Gasteiger partial charge in [0.05, 0.1) is 11.7 Å². The average Bonchev–Trinajstić information content (AvgIpc) is 3.12. The summed E-state index contributed by atoms with van der Waals surface area (Å²) in [6.45, 7) is 0. The van der Waals surface area contributed by atoms with E-state index >= 15 is 0 Å². The molecule has 3 aromatic carbocycles. The predicted octanol–water partition coefficient (Wildman–Crippen LogP) is 5.92. The summed E-state index contributed by atoms with van der Waals surface area (Å²) < 4.78 is 5.84. The first-order valence-corrected chi connectivity index (χ1v) is 9.21. The van der Waals surface area contributed by atoms with Gasteiger partial charge in [-0.2, -0.15) is 0 Å². The Morgan fingerprint density at radius 2 is 1.59 bits per heavy atom. The Morgan fingerprint density at radius 1 is 0.889 bits per heavy atom. The van der Waals surface area contributed by atoms with Gasteiger partial charge in [-0.15, -0.1) is 0 Å². The second-order valence-corrected chi connectivity index (χ2v) is 7.14. The Hall–Kier alpha value is -2.88. The Kier molecular flexibility index (Phi) is 3.85. The molecular formula is C23H16ClNO2. The van der Waals surface area contributed by atoms with E-state index in [9.17, 15) is 5.11 Å². The molecule has 4 heteroatoms. The number of aromatic nitrogens is 1. The smallest absolute Gasteiger partial charge is 0.175 e. The van der Waals surface area contributed by atoms with Crippen LogP contribution < -0.4 is 0 Å². The molecule has 27 heavy (non-hydrogen) atoms. The molecule has 0 fully saturated rings. The minimum absolute atomic E-state index is 0.540. The topological polar surface area (TPSA) is 46.3 Å². The van der Waals surface area contributed by atoms with Gasteiger partial charge in [0.15, 0.2) is 5.76 Å². The second kappa shape index (κ2) is 6.38.